The van der Waals surface area contributed by atoms with Crippen molar-refractivity contribution in [3.63, 3.8) is 0 Å². The van der Waals surface area contributed by atoms with Crippen LogP contribution in [0.2, 0.25) is 10.0 Å². The van der Waals surface area contributed by atoms with Gasteiger partial charge in [0.05, 0.1) is 24.9 Å². The Morgan fingerprint density at radius 3 is 2.53 bits per heavy atom. The summed E-state index contributed by atoms with van der Waals surface area (Å²) in [5, 5.41) is 1.30. The molecule has 1 saturated heterocycles. The van der Waals surface area contributed by atoms with E-state index in [1.54, 1.807) is 0 Å². The number of hydrogen-bond acceptors (Lipinski definition) is 2. The van der Waals surface area contributed by atoms with Crippen molar-refractivity contribution in [3.05, 3.63) is 33.8 Å². The minimum atomic E-state index is -0.0883. The van der Waals surface area contributed by atoms with Crippen LogP contribution in [-0.2, 0) is 16.1 Å². The van der Waals surface area contributed by atoms with Gasteiger partial charge >= 0.3 is 0 Å². The third-order valence-corrected chi connectivity index (χ3v) is 3.61. The zero-order valence-electron chi connectivity index (χ0n) is 10.0. The van der Waals surface area contributed by atoms with Crippen molar-refractivity contribution in [2.24, 2.45) is 0 Å². The maximum Gasteiger partial charge on any atom is 0.0840 e. The SMILES string of the molecule is CC1(C)CC(OCc2c(Cl)cccc2Cl)CO1. The molecule has 1 fully saturated rings. The molecule has 0 spiro atoms. The molecule has 0 aromatic heterocycles. The van der Waals surface area contributed by atoms with E-state index in [1.165, 1.54) is 0 Å². The van der Waals surface area contributed by atoms with Crippen molar-refractivity contribution in [2.45, 2.75) is 38.6 Å². The summed E-state index contributed by atoms with van der Waals surface area (Å²) in [6.07, 6.45) is 1.02. The van der Waals surface area contributed by atoms with Crippen LogP contribution in [0, 0.1) is 0 Å². The second kappa shape index (κ2) is 5.15. The van der Waals surface area contributed by atoms with Gasteiger partial charge < -0.3 is 9.47 Å². The number of benzene rings is 1. The fourth-order valence-electron chi connectivity index (χ4n) is 1.96. The molecule has 1 aliphatic rings. The zero-order valence-corrected chi connectivity index (χ0v) is 11.5. The molecule has 94 valence electrons. The van der Waals surface area contributed by atoms with E-state index in [0.717, 1.165) is 12.0 Å². The Balaban J connectivity index is 1.95. The Kier molecular flexibility index (Phi) is 3.99. The summed E-state index contributed by atoms with van der Waals surface area (Å²) in [6.45, 7) is 5.20. The highest BCUT2D eigenvalue weighted by Crippen LogP contribution is 2.29. The molecule has 2 rings (SSSR count). The van der Waals surface area contributed by atoms with E-state index in [-0.39, 0.29) is 11.7 Å². The molecule has 1 atom stereocenters. The predicted octanol–water partition coefficient (Wildman–Crippen LogP) is 4.08. The van der Waals surface area contributed by atoms with Gasteiger partial charge in [0.1, 0.15) is 0 Å². The Bertz CT molecular complexity index is 384. The first-order valence-electron chi connectivity index (χ1n) is 5.66. The quantitative estimate of drug-likeness (QED) is 0.827. The van der Waals surface area contributed by atoms with Gasteiger partial charge in [0.25, 0.3) is 0 Å². The first kappa shape index (κ1) is 13.2. The lowest BCUT2D eigenvalue weighted by Crippen LogP contribution is -2.18. The van der Waals surface area contributed by atoms with Gasteiger partial charge in [-0.2, -0.15) is 0 Å². The minimum Gasteiger partial charge on any atom is -0.373 e. The lowest BCUT2D eigenvalue weighted by atomic mass is 10.0. The van der Waals surface area contributed by atoms with E-state index in [4.69, 9.17) is 32.7 Å². The number of rotatable bonds is 3. The highest BCUT2D eigenvalue weighted by atomic mass is 35.5. The highest BCUT2D eigenvalue weighted by Gasteiger charge is 2.32. The van der Waals surface area contributed by atoms with Gasteiger partial charge in [0.15, 0.2) is 0 Å². The van der Waals surface area contributed by atoms with Gasteiger partial charge in [-0.15, -0.1) is 0 Å². The molecule has 1 unspecified atom stereocenters. The molecule has 0 aliphatic carbocycles. The number of ether oxygens (including phenoxy) is 2. The van der Waals surface area contributed by atoms with Crippen molar-refractivity contribution in [1.29, 1.82) is 0 Å². The number of halogens is 2. The maximum absolute atomic E-state index is 6.08. The fraction of sp³-hybridized carbons (Fsp3) is 0.538. The average molecular weight is 275 g/mol. The summed E-state index contributed by atoms with van der Waals surface area (Å²) >= 11 is 12.2. The Hall–Kier alpha value is -0.280. The number of hydrogen-bond donors (Lipinski definition) is 0. The first-order chi connectivity index (χ1) is 7.98. The summed E-state index contributed by atoms with van der Waals surface area (Å²) < 4.78 is 11.4. The van der Waals surface area contributed by atoms with Crippen LogP contribution in [0.3, 0.4) is 0 Å². The first-order valence-corrected chi connectivity index (χ1v) is 6.42. The molecule has 0 bridgehead atoms. The molecule has 1 aromatic carbocycles. The third kappa shape index (κ3) is 3.35. The molecule has 17 heavy (non-hydrogen) atoms. The van der Waals surface area contributed by atoms with E-state index < -0.39 is 0 Å². The monoisotopic (exact) mass is 274 g/mol. The molecule has 0 saturated carbocycles. The van der Waals surface area contributed by atoms with Crippen molar-refractivity contribution in [3.8, 4) is 0 Å². The Morgan fingerprint density at radius 2 is 2.00 bits per heavy atom. The van der Waals surface area contributed by atoms with Crippen molar-refractivity contribution < 1.29 is 9.47 Å². The van der Waals surface area contributed by atoms with Crippen molar-refractivity contribution >= 4 is 23.2 Å². The van der Waals surface area contributed by atoms with Crippen LogP contribution in [0.5, 0.6) is 0 Å². The molecular weight excluding hydrogens is 259 g/mol. The second-order valence-electron chi connectivity index (χ2n) is 4.91. The van der Waals surface area contributed by atoms with Crippen LogP contribution in [0.1, 0.15) is 25.8 Å². The summed E-state index contributed by atoms with van der Waals surface area (Å²) in [5.41, 5.74) is 0.759. The second-order valence-corrected chi connectivity index (χ2v) is 5.72. The molecule has 1 aromatic rings. The van der Waals surface area contributed by atoms with E-state index in [9.17, 15) is 0 Å². The highest BCUT2D eigenvalue weighted by molar-refractivity contribution is 6.35. The largest absolute Gasteiger partial charge is 0.373 e. The molecule has 1 heterocycles. The molecule has 2 nitrogen and oxygen atoms in total. The average Bonchev–Trinajstić information content (AvgIpc) is 2.57. The van der Waals surface area contributed by atoms with Crippen LogP contribution < -0.4 is 0 Å². The van der Waals surface area contributed by atoms with Crippen LogP contribution >= 0.6 is 23.2 Å². The van der Waals surface area contributed by atoms with Gasteiger partial charge in [-0.05, 0) is 26.0 Å². The normalized spacial score (nSPS) is 22.9. The zero-order chi connectivity index (χ0) is 12.5. The van der Waals surface area contributed by atoms with E-state index in [1.807, 2.05) is 18.2 Å². The summed E-state index contributed by atoms with van der Waals surface area (Å²) in [6, 6.07) is 5.47. The Labute approximate surface area is 112 Å². The van der Waals surface area contributed by atoms with Crippen molar-refractivity contribution in [1.82, 2.24) is 0 Å². The van der Waals surface area contributed by atoms with Crippen LogP contribution in [0.15, 0.2) is 18.2 Å². The molecule has 0 amide bonds. The maximum atomic E-state index is 6.08. The summed E-state index contributed by atoms with van der Waals surface area (Å²) in [5.74, 6) is 0. The van der Waals surface area contributed by atoms with Gasteiger partial charge in [-0.3, -0.25) is 0 Å². The van der Waals surface area contributed by atoms with Gasteiger partial charge in [-0.25, -0.2) is 0 Å². The molecule has 0 radical (unpaired) electrons. The molecular formula is C13H16Cl2O2. The predicted molar refractivity (Wildman–Crippen MR) is 69.7 cm³/mol. The summed E-state index contributed by atoms with van der Waals surface area (Å²) in [7, 11) is 0. The fourth-order valence-corrected chi connectivity index (χ4v) is 2.47. The van der Waals surface area contributed by atoms with Crippen LogP contribution in [-0.4, -0.2) is 18.3 Å². The van der Waals surface area contributed by atoms with Gasteiger partial charge in [0, 0.05) is 22.0 Å². The van der Waals surface area contributed by atoms with Crippen molar-refractivity contribution in [2.75, 3.05) is 6.61 Å². The van der Waals surface area contributed by atoms with E-state index in [2.05, 4.69) is 13.8 Å². The summed E-state index contributed by atoms with van der Waals surface area (Å²) in [4.78, 5) is 0. The molecule has 1 aliphatic heterocycles. The third-order valence-electron chi connectivity index (χ3n) is 2.90. The molecule has 4 heteroatoms. The van der Waals surface area contributed by atoms with Crippen LogP contribution in [0.4, 0.5) is 0 Å². The van der Waals surface area contributed by atoms with Gasteiger partial charge in [0.2, 0.25) is 0 Å². The lowest BCUT2D eigenvalue weighted by molar-refractivity contribution is 0.0122. The minimum absolute atomic E-state index is 0.0883. The van der Waals surface area contributed by atoms with Gasteiger partial charge in [-0.1, -0.05) is 29.3 Å². The smallest absolute Gasteiger partial charge is 0.0840 e. The topological polar surface area (TPSA) is 18.5 Å². The van der Waals surface area contributed by atoms with Crippen LogP contribution in [0.25, 0.3) is 0 Å². The van der Waals surface area contributed by atoms with E-state index in [0.29, 0.717) is 23.3 Å². The standard InChI is InChI=1S/C13H16Cl2O2/c1-13(2)6-9(7-17-13)16-8-10-11(14)4-3-5-12(10)15/h3-5,9H,6-8H2,1-2H3. The lowest BCUT2D eigenvalue weighted by Gasteiger charge is -2.16. The van der Waals surface area contributed by atoms with E-state index >= 15 is 0 Å². The Morgan fingerprint density at radius 1 is 1.35 bits per heavy atom. The molecule has 0 N–H and O–H groups in total.